The number of thiophene rings is 1. The molecular formula is C27H32N8O2S3. The van der Waals surface area contributed by atoms with Gasteiger partial charge in [-0.25, -0.2) is 18.1 Å². The van der Waals surface area contributed by atoms with Crippen molar-refractivity contribution in [3.8, 4) is 9.88 Å². The fraction of sp³-hybridized carbons (Fsp3) is 0.333. The second kappa shape index (κ2) is 12.9. The largest absolute Gasteiger partial charge is 0.354 e. The molecule has 3 N–H and O–H groups in total. The topological polar surface area (TPSA) is 125 Å². The van der Waals surface area contributed by atoms with Crippen molar-refractivity contribution < 1.29 is 8.42 Å². The molecule has 4 heterocycles. The Morgan fingerprint density at radius 3 is 2.62 bits per heavy atom. The fourth-order valence-electron chi connectivity index (χ4n) is 4.33. The van der Waals surface area contributed by atoms with Gasteiger partial charge in [0.1, 0.15) is 5.01 Å². The summed E-state index contributed by atoms with van der Waals surface area (Å²) in [5.74, 6) is 1.40. The average molecular weight is 597 g/mol. The predicted octanol–water partition coefficient (Wildman–Crippen LogP) is 4.91. The first kappa shape index (κ1) is 28.1. The van der Waals surface area contributed by atoms with Crippen molar-refractivity contribution >= 4 is 50.5 Å². The van der Waals surface area contributed by atoms with Crippen molar-refractivity contribution in [3.63, 3.8) is 0 Å². The van der Waals surface area contributed by atoms with Crippen LogP contribution < -0.4 is 20.3 Å². The summed E-state index contributed by atoms with van der Waals surface area (Å²) in [5.41, 5.74) is 1.91. The third-order valence-electron chi connectivity index (χ3n) is 6.44. The van der Waals surface area contributed by atoms with Gasteiger partial charge in [0.25, 0.3) is 0 Å². The van der Waals surface area contributed by atoms with Gasteiger partial charge in [-0.3, -0.25) is 0 Å². The van der Waals surface area contributed by atoms with Crippen LogP contribution >= 0.6 is 22.7 Å². The van der Waals surface area contributed by atoms with Crippen molar-refractivity contribution in [1.82, 2.24) is 24.7 Å². The molecule has 1 aromatic carbocycles. The van der Waals surface area contributed by atoms with Crippen LogP contribution in [0.15, 0.2) is 64.7 Å². The highest BCUT2D eigenvalue weighted by Crippen LogP contribution is 2.28. The lowest BCUT2D eigenvalue weighted by atomic mass is 10.2. The van der Waals surface area contributed by atoms with Gasteiger partial charge in [0, 0.05) is 31.1 Å². The SMILES string of the molecule is C=CCCNc1nc(NCc2csc(-c3cccs3)n2)nc(N2CCC[C@@H]2CNS(=O)(=O)c2ccc(C)cc2)n1. The quantitative estimate of drug-likeness (QED) is 0.146. The van der Waals surface area contributed by atoms with E-state index in [9.17, 15) is 8.42 Å². The number of aryl methyl sites for hydroxylation is 1. The Balaban J connectivity index is 1.30. The summed E-state index contributed by atoms with van der Waals surface area (Å²) in [4.78, 5) is 22.1. The molecule has 210 valence electrons. The zero-order chi connectivity index (χ0) is 28.0. The van der Waals surface area contributed by atoms with Crippen LogP contribution in [0.5, 0.6) is 0 Å². The zero-order valence-corrected chi connectivity index (χ0v) is 24.7. The highest BCUT2D eigenvalue weighted by atomic mass is 32.2. The minimum atomic E-state index is -3.62. The number of sulfonamides is 1. The molecule has 1 saturated heterocycles. The summed E-state index contributed by atoms with van der Waals surface area (Å²) in [6.07, 6.45) is 4.34. The highest BCUT2D eigenvalue weighted by Gasteiger charge is 2.29. The maximum Gasteiger partial charge on any atom is 0.240 e. The number of aromatic nitrogens is 4. The summed E-state index contributed by atoms with van der Waals surface area (Å²) < 4.78 is 28.6. The van der Waals surface area contributed by atoms with Gasteiger partial charge in [-0.2, -0.15) is 15.0 Å². The Labute approximate surface area is 242 Å². The van der Waals surface area contributed by atoms with Crippen molar-refractivity contribution in [2.24, 2.45) is 0 Å². The monoisotopic (exact) mass is 596 g/mol. The van der Waals surface area contributed by atoms with Crippen molar-refractivity contribution in [2.75, 3.05) is 35.2 Å². The molecule has 0 bridgehead atoms. The van der Waals surface area contributed by atoms with Crippen LogP contribution in [0.2, 0.25) is 0 Å². The van der Waals surface area contributed by atoms with Gasteiger partial charge in [-0.1, -0.05) is 29.8 Å². The molecule has 10 nitrogen and oxygen atoms in total. The Bertz CT molecular complexity index is 1520. The van der Waals surface area contributed by atoms with Gasteiger partial charge in [0.15, 0.2) is 0 Å². The molecule has 1 aliphatic heterocycles. The number of hydrogen-bond donors (Lipinski definition) is 3. The number of nitrogens with one attached hydrogen (secondary N) is 3. The maximum atomic E-state index is 12.9. The molecule has 0 aliphatic carbocycles. The number of nitrogens with zero attached hydrogens (tertiary/aromatic N) is 5. The molecule has 13 heteroatoms. The van der Waals surface area contributed by atoms with Crippen LogP contribution in [0, 0.1) is 6.92 Å². The van der Waals surface area contributed by atoms with Crippen LogP contribution in [0.25, 0.3) is 9.88 Å². The Morgan fingerprint density at radius 1 is 1.07 bits per heavy atom. The molecular weight excluding hydrogens is 565 g/mol. The molecule has 0 radical (unpaired) electrons. The molecule has 5 rings (SSSR count). The maximum absolute atomic E-state index is 12.9. The van der Waals surface area contributed by atoms with Gasteiger partial charge in [-0.15, -0.1) is 29.3 Å². The standard InChI is InChI=1S/C27H32N8O2S3/c1-3-4-13-28-25-32-26(29-16-20-18-39-24(31-20)23-8-6-15-38-23)34-27(33-25)35-14-5-7-21(35)17-30-40(36,37)22-11-9-19(2)10-12-22/h3,6,8-12,15,18,21,30H,1,4-5,7,13-14,16-17H2,2H3,(H2,28,29,32,33,34)/t21-/m1/s1. The normalized spacial score (nSPS) is 15.3. The van der Waals surface area contributed by atoms with E-state index < -0.39 is 10.0 Å². The molecule has 0 saturated carbocycles. The molecule has 0 unspecified atom stereocenters. The lowest BCUT2D eigenvalue weighted by Gasteiger charge is -2.25. The Kier molecular flexibility index (Phi) is 9.04. The number of benzene rings is 1. The smallest absolute Gasteiger partial charge is 0.240 e. The third-order valence-corrected chi connectivity index (χ3v) is 9.81. The van der Waals surface area contributed by atoms with E-state index in [4.69, 9.17) is 9.97 Å². The third kappa shape index (κ3) is 7.02. The van der Waals surface area contributed by atoms with E-state index in [1.807, 2.05) is 29.8 Å². The van der Waals surface area contributed by atoms with Gasteiger partial charge >= 0.3 is 0 Å². The first-order chi connectivity index (χ1) is 19.4. The number of rotatable bonds is 13. The molecule has 3 aromatic heterocycles. The fourth-order valence-corrected chi connectivity index (χ4v) is 7.03. The zero-order valence-electron chi connectivity index (χ0n) is 22.2. The second-order valence-corrected chi connectivity index (χ2v) is 13.0. The van der Waals surface area contributed by atoms with Crippen LogP contribution in [-0.4, -0.2) is 54.0 Å². The molecule has 40 heavy (non-hydrogen) atoms. The number of anilines is 3. The van der Waals surface area contributed by atoms with E-state index >= 15 is 0 Å². The van der Waals surface area contributed by atoms with Crippen LogP contribution in [0.4, 0.5) is 17.8 Å². The number of thiazole rings is 1. The summed E-state index contributed by atoms with van der Waals surface area (Å²) in [6, 6.07) is 10.8. The van der Waals surface area contributed by atoms with Crippen molar-refractivity contribution in [1.29, 1.82) is 0 Å². The number of hydrogen-bond acceptors (Lipinski definition) is 11. The van der Waals surface area contributed by atoms with Crippen molar-refractivity contribution in [2.45, 2.75) is 43.7 Å². The van der Waals surface area contributed by atoms with Crippen LogP contribution in [0.1, 0.15) is 30.5 Å². The first-order valence-electron chi connectivity index (χ1n) is 13.1. The van der Waals surface area contributed by atoms with E-state index in [1.165, 1.54) is 0 Å². The molecule has 0 spiro atoms. The van der Waals surface area contributed by atoms with E-state index in [0.29, 0.717) is 30.9 Å². The Hall–Kier alpha value is -3.39. The Morgan fingerprint density at radius 2 is 1.88 bits per heavy atom. The molecule has 0 amide bonds. The van der Waals surface area contributed by atoms with Gasteiger partial charge in [0.2, 0.25) is 27.9 Å². The molecule has 1 aliphatic rings. The molecule has 4 aromatic rings. The van der Waals surface area contributed by atoms with Gasteiger partial charge in [-0.05, 0) is 49.8 Å². The van der Waals surface area contributed by atoms with E-state index in [-0.39, 0.29) is 17.5 Å². The van der Waals surface area contributed by atoms with Gasteiger partial charge in [0.05, 0.1) is 22.0 Å². The second-order valence-electron chi connectivity index (χ2n) is 9.42. The molecule has 1 atom stereocenters. The van der Waals surface area contributed by atoms with Crippen LogP contribution in [-0.2, 0) is 16.6 Å². The van der Waals surface area contributed by atoms with Crippen molar-refractivity contribution in [3.05, 3.63) is 71.1 Å². The lowest BCUT2D eigenvalue weighted by Crippen LogP contribution is -2.41. The highest BCUT2D eigenvalue weighted by molar-refractivity contribution is 7.89. The summed E-state index contributed by atoms with van der Waals surface area (Å²) >= 11 is 3.28. The lowest BCUT2D eigenvalue weighted by molar-refractivity contribution is 0.565. The van der Waals surface area contributed by atoms with Crippen LogP contribution in [0.3, 0.4) is 0 Å². The summed E-state index contributed by atoms with van der Waals surface area (Å²) in [7, 11) is -3.62. The summed E-state index contributed by atoms with van der Waals surface area (Å²) in [6.45, 7) is 7.80. The minimum Gasteiger partial charge on any atom is -0.354 e. The summed E-state index contributed by atoms with van der Waals surface area (Å²) in [5, 5.41) is 11.6. The van der Waals surface area contributed by atoms with E-state index in [0.717, 1.165) is 46.9 Å². The average Bonchev–Trinajstić information content (AvgIpc) is 3.73. The predicted molar refractivity (Wildman–Crippen MR) is 163 cm³/mol. The minimum absolute atomic E-state index is 0.0802. The van der Waals surface area contributed by atoms with E-state index in [1.54, 1.807) is 46.9 Å². The molecule has 1 fully saturated rings. The van der Waals surface area contributed by atoms with Gasteiger partial charge < -0.3 is 15.5 Å². The first-order valence-corrected chi connectivity index (χ1v) is 16.3. The van der Waals surface area contributed by atoms with E-state index in [2.05, 4.69) is 42.9 Å².